The second kappa shape index (κ2) is 6.57. The van der Waals surface area contributed by atoms with Crippen LogP contribution in [0, 0.1) is 11.8 Å². The first-order valence-corrected chi connectivity index (χ1v) is 8.64. The smallest absolute Gasteiger partial charge is 0.342 e. The molecular weight excluding hydrogens is 294 g/mol. The zero-order valence-corrected chi connectivity index (χ0v) is 13.1. The highest BCUT2D eigenvalue weighted by Gasteiger charge is 2.29. The van der Waals surface area contributed by atoms with Gasteiger partial charge in [0.05, 0.1) is 12.8 Å². The molecule has 0 saturated heterocycles. The van der Waals surface area contributed by atoms with E-state index < -0.39 is 16.0 Å². The highest BCUT2D eigenvalue weighted by molar-refractivity contribution is 7.89. The normalized spacial score (nSPS) is 22.4. The molecule has 0 bridgehead atoms. The van der Waals surface area contributed by atoms with Crippen molar-refractivity contribution in [2.45, 2.75) is 38.1 Å². The van der Waals surface area contributed by atoms with Gasteiger partial charge in [0.15, 0.2) is 5.03 Å². The third kappa shape index (κ3) is 3.62. The number of aromatic amines is 1. The fraction of sp³-hybridized carbons (Fsp3) is 0.692. The summed E-state index contributed by atoms with van der Waals surface area (Å²) in [6.45, 7) is 4.35. The number of sulfonamides is 1. The topological polar surface area (TPSA) is 101 Å². The number of aromatic nitrogens is 2. The first-order chi connectivity index (χ1) is 9.95. The van der Waals surface area contributed by atoms with Gasteiger partial charge in [-0.15, -0.1) is 0 Å². The van der Waals surface area contributed by atoms with Crippen LogP contribution in [-0.2, 0) is 14.8 Å². The van der Waals surface area contributed by atoms with E-state index in [1.165, 1.54) is 6.20 Å². The maximum absolute atomic E-state index is 12.3. The van der Waals surface area contributed by atoms with Crippen molar-refractivity contribution in [2.24, 2.45) is 11.8 Å². The van der Waals surface area contributed by atoms with Crippen molar-refractivity contribution in [3.05, 3.63) is 11.8 Å². The number of nitrogens with zero attached hydrogens (tertiary/aromatic N) is 1. The summed E-state index contributed by atoms with van der Waals surface area (Å²) in [6, 6.07) is 0. The lowest BCUT2D eigenvalue weighted by atomic mass is 9.99. The average Bonchev–Trinajstić information content (AvgIpc) is 3.05. The molecule has 2 N–H and O–H groups in total. The van der Waals surface area contributed by atoms with E-state index in [0.717, 1.165) is 19.3 Å². The summed E-state index contributed by atoms with van der Waals surface area (Å²) in [7, 11) is -3.79. The number of carbonyl (C=O) groups excluding carboxylic acids is 1. The van der Waals surface area contributed by atoms with E-state index in [1.54, 1.807) is 6.92 Å². The van der Waals surface area contributed by atoms with Gasteiger partial charge in [-0.2, -0.15) is 5.10 Å². The standard InChI is InChI=1S/C13H21N3O4S/c1-3-20-13(17)11-8-14-16-12(11)21(18,19)15-7-10-6-4-5-9(10)2/h8-10,15H,3-7H2,1-2H3,(H,14,16). The maximum Gasteiger partial charge on any atom is 0.342 e. The summed E-state index contributed by atoms with van der Waals surface area (Å²) in [5, 5.41) is 5.78. The second-order valence-corrected chi connectivity index (χ2v) is 7.06. The van der Waals surface area contributed by atoms with Crippen LogP contribution in [-0.4, -0.2) is 37.7 Å². The van der Waals surface area contributed by atoms with Crippen LogP contribution in [0.15, 0.2) is 11.2 Å². The van der Waals surface area contributed by atoms with Crippen LogP contribution >= 0.6 is 0 Å². The molecule has 1 aliphatic rings. The molecule has 0 spiro atoms. The number of hydrogen-bond acceptors (Lipinski definition) is 5. The zero-order valence-electron chi connectivity index (χ0n) is 12.3. The van der Waals surface area contributed by atoms with Crippen LogP contribution < -0.4 is 4.72 Å². The van der Waals surface area contributed by atoms with E-state index in [-0.39, 0.29) is 17.2 Å². The fourth-order valence-corrected chi connectivity index (χ4v) is 3.82. The van der Waals surface area contributed by atoms with Gasteiger partial charge in [0.2, 0.25) is 0 Å². The Bertz CT molecular complexity index is 596. The van der Waals surface area contributed by atoms with Gasteiger partial charge < -0.3 is 4.74 Å². The van der Waals surface area contributed by atoms with Crippen molar-refractivity contribution < 1.29 is 17.9 Å². The zero-order chi connectivity index (χ0) is 15.5. The van der Waals surface area contributed by atoms with E-state index in [1.807, 2.05) is 0 Å². The third-order valence-electron chi connectivity index (χ3n) is 3.94. The molecule has 2 unspecified atom stereocenters. The lowest BCUT2D eigenvalue weighted by Crippen LogP contribution is -2.31. The Kier molecular flexibility index (Phi) is 5.00. The Morgan fingerprint density at radius 3 is 2.90 bits per heavy atom. The summed E-state index contributed by atoms with van der Waals surface area (Å²) in [6.07, 6.45) is 4.46. The molecule has 0 radical (unpaired) electrons. The van der Waals surface area contributed by atoms with Crippen LogP contribution in [0.3, 0.4) is 0 Å². The molecule has 0 aromatic carbocycles. The van der Waals surface area contributed by atoms with Crippen molar-refractivity contribution in [2.75, 3.05) is 13.2 Å². The predicted molar refractivity (Wildman–Crippen MR) is 76.2 cm³/mol. The minimum absolute atomic E-state index is 0.0659. The Morgan fingerprint density at radius 1 is 1.52 bits per heavy atom. The molecule has 2 atom stereocenters. The van der Waals surface area contributed by atoms with E-state index in [0.29, 0.717) is 18.4 Å². The molecule has 0 amide bonds. The van der Waals surface area contributed by atoms with E-state index in [4.69, 9.17) is 4.74 Å². The van der Waals surface area contributed by atoms with Crippen molar-refractivity contribution in [1.82, 2.24) is 14.9 Å². The Morgan fingerprint density at radius 2 is 2.29 bits per heavy atom. The molecule has 1 saturated carbocycles. The molecule has 8 heteroatoms. The maximum atomic E-state index is 12.3. The number of rotatable bonds is 6. The van der Waals surface area contributed by atoms with Gasteiger partial charge in [0.25, 0.3) is 10.0 Å². The first kappa shape index (κ1) is 16.0. The molecule has 21 heavy (non-hydrogen) atoms. The average molecular weight is 315 g/mol. The van der Waals surface area contributed by atoms with Crippen molar-refractivity contribution in [1.29, 1.82) is 0 Å². The number of nitrogens with one attached hydrogen (secondary N) is 2. The van der Waals surface area contributed by atoms with E-state index in [2.05, 4.69) is 21.8 Å². The van der Waals surface area contributed by atoms with Crippen LogP contribution in [0.4, 0.5) is 0 Å². The van der Waals surface area contributed by atoms with Crippen LogP contribution in [0.1, 0.15) is 43.5 Å². The first-order valence-electron chi connectivity index (χ1n) is 7.16. The largest absolute Gasteiger partial charge is 0.462 e. The Hall–Kier alpha value is -1.41. The molecule has 7 nitrogen and oxygen atoms in total. The third-order valence-corrected chi connectivity index (χ3v) is 5.34. The quantitative estimate of drug-likeness (QED) is 0.771. The number of H-pyrrole nitrogens is 1. The molecule has 1 aromatic heterocycles. The van der Waals surface area contributed by atoms with E-state index >= 15 is 0 Å². The molecule has 118 valence electrons. The number of esters is 1. The molecule has 1 aliphatic carbocycles. The van der Waals surface area contributed by atoms with Crippen LogP contribution in [0.25, 0.3) is 0 Å². The fourth-order valence-electron chi connectivity index (χ4n) is 2.65. The molecule has 1 aromatic rings. The van der Waals surface area contributed by atoms with Crippen molar-refractivity contribution >= 4 is 16.0 Å². The highest BCUT2D eigenvalue weighted by atomic mass is 32.2. The van der Waals surface area contributed by atoms with Crippen molar-refractivity contribution in [3.63, 3.8) is 0 Å². The number of carbonyl (C=O) groups is 1. The van der Waals surface area contributed by atoms with Crippen molar-refractivity contribution in [3.8, 4) is 0 Å². The predicted octanol–water partition coefficient (Wildman–Crippen LogP) is 1.30. The summed E-state index contributed by atoms with van der Waals surface area (Å²) in [4.78, 5) is 11.7. The number of ether oxygens (including phenoxy) is 1. The SMILES string of the molecule is CCOC(=O)c1cn[nH]c1S(=O)(=O)NCC1CCCC1C. The van der Waals surface area contributed by atoms with Gasteiger partial charge in [-0.3, -0.25) is 5.10 Å². The Labute approximate surface area is 124 Å². The monoisotopic (exact) mass is 315 g/mol. The summed E-state index contributed by atoms with van der Waals surface area (Å²) in [5.74, 6) is 0.161. The molecule has 0 aliphatic heterocycles. The van der Waals surface area contributed by atoms with Gasteiger partial charge in [0.1, 0.15) is 5.56 Å². The second-order valence-electron chi connectivity index (χ2n) is 5.35. The molecule has 1 fully saturated rings. The van der Waals surface area contributed by atoms with Gasteiger partial charge in [-0.05, 0) is 25.2 Å². The summed E-state index contributed by atoms with van der Waals surface area (Å²) < 4.78 is 32.0. The minimum atomic E-state index is -3.79. The van der Waals surface area contributed by atoms with Gasteiger partial charge in [-0.25, -0.2) is 17.9 Å². The molecular formula is C13H21N3O4S. The summed E-state index contributed by atoms with van der Waals surface area (Å²) in [5.41, 5.74) is -0.0659. The highest BCUT2D eigenvalue weighted by Crippen LogP contribution is 2.30. The number of hydrogen-bond donors (Lipinski definition) is 2. The summed E-state index contributed by atoms with van der Waals surface area (Å²) >= 11 is 0. The van der Waals surface area contributed by atoms with Gasteiger partial charge in [-0.1, -0.05) is 19.8 Å². The lowest BCUT2D eigenvalue weighted by Gasteiger charge is -2.15. The van der Waals surface area contributed by atoms with Gasteiger partial charge >= 0.3 is 5.97 Å². The minimum Gasteiger partial charge on any atom is -0.462 e. The van der Waals surface area contributed by atoms with Crippen LogP contribution in [0.2, 0.25) is 0 Å². The molecule has 1 heterocycles. The van der Waals surface area contributed by atoms with E-state index in [9.17, 15) is 13.2 Å². The van der Waals surface area contributed by atoms with Crippen LogP contribution in [0.5, 0.6) is 0 Å². The molecule has 2 rings (SSSR count). The Balaban J connectivity index is 2.09. The lowest BCUT2D eigenvalue weighted by molar-refractivity contribution is 0.0522. The van der Waals surface area contributed by atoms with Gasteiger partial charge in [0, 0.05) is 6.54 Å².